The summed E-state index contributed by atoms with van der Waals surface area (Å²) in [5.41, 5.74) is -0.0946. The summed E-state index contributed by atoms with van der Waals surface area (Å²) in [4.78, 5) is 26.1. The van der Waals surface area contributed by atoms with Gasteiger partial charge in [0.1, 0.15) is 5.69 Å². The van der Waals surface area contributed by atoms with E-state index >= 15 is 0 Å². The van der Waals surface area contributed by atoms with Crippen molar-refractivity contribution in [2.24, 2.45) is 0 Å². The zero-order valence-electron chi connectivity index (χ0n) is 10.0. The van der Waals surface area contributed by atoms with Gasteiger partial charge in [0, 0.05) is 18.9 Å². The van der Waals surface area contributed by atoms with E-state index in [1.165, 1.54) is 6.07 Å². The summed E-state index contributed by atoms with van der Waals surface area (Å²) in [6.07, 6.45) is 0.444. The minimum Gasteiger partial charge on any atom is -0.477 e. The van der Waals surface area contributed by atoms with Gasteiger partial charge < -0.3 is 14.9 Å². The molecule has 0 aliphatic rings. The first-order chi connectivity index (χ1) is 9.04. The lowest BCUT2D eigenvalue weighted by molar-refractivity contribution is -0.116. The molecule has 19 heavy (non-hydrogen) atoms. The average Bonchev–Trinajstić information content (AvgIpc) is 2.96. The summed E-state index contributed by atoms with van der Waals surface area (Å²) in [5, 5.41) is 20.7. The van der Waals surface area contributed by atoms with Gasteiger partial charge in [0.25, 0.3) is 0 Å². The Morgan fingerprint density at radius 1 is 1.53 bits per heavy atom. The summed E-state index contributed by atoms with van der Waals surface area (Å²) in [6, 6.07) is 1.23. The Kier molecular flexibility index (Phi) is 3.55. The summed E-state index contributed by atoms with van der Waals surface area (Å²) in [5.74, 6) is -0.424. The maximum absolute atomic E-state index is 11.6. The van der Waals surface area contributed by atoms with E-state index in [0.29, 0.717) is 18.1 Å². The quantitative estimate of drug-likeness (QED) is 0.710. The van der Waals surface area contributed by atoms with Crippen LogP contribution in [0.1, 0.15) is 28.6 Å². The topological polar surface area (TPSA) is 134 Å². The van der Waals surface area contributed by atoms with E-state index in [9.17, 15) is 9.59 Å². The molecule has 0 unspecified atom stereocenters. The number of carbonyl (C=O) groups excluding carboxylic acids is 1. The van der Waals surface area contributed by atoms with Gasteiger partial charge in [0.2, 0.25) is 11.8 Å². The van der Waals surface area contributed by atoms with Crippen LogP contribution in [0.3, 0.4) is 0 Å². The summed E-state index contributed by atoms with van der Waals surface area (Å²) in [6.45, 7) is 1.68. The van der Waals surface area contributed by atoms with E-state index < -0.39 is 5.97 Å². The number of hydrogen-bond donors (Lipinski definition) is 3. The van der Waals surface area contributed by atoms with Crippen molar-refractivity contribution >= 4 is 17.7 Å². The number of anilines is 1. The van der Waals surface area contributed by atoms with Crippen LogP contribution in [0, 0.1) is 6.92 Å². The number of aryl methyl sites for hydroxylation is 2. The van der Waals surface area contributed by atoms with Gasteiger partial charge in [-0.1, -0.05) is 5.16 Å². The summed E-state index contributed by atoms with van der Waals surface area (Å²) in [7, 11) is 0. The molecule has 2 rings (SSSR count). The van der Waals surface area contributed by atoms with Gasteiger partial charge in [0.15, 0.2) is 11.6 Å². The van der Waals surface area contributed by atoms with Gasteiger partial charge in [-0.15, -0.1) is 0 Å². The molecule has 0 aromatic carbocycles. The van der Waals surface area contributed by atoms with Crippen LogP contribution in [0.15, 0.2) is 10.6 Å². The third kappa shape index (κ3) is 3.37. The Balaban J connectivity index is 1.85. The molecule has 0 aliphatic carbocycles. The van der Waals surface area contributed by atoms with Crippen molar-refractivity contribution < 1.29 is 19.2 Å². The van der Waals surface area contributed by atoms with Crippen molar-refractivity contribution in [1.82, 2.24) is 20.3 Å². The number of carboxylic acids is 1. The third-order valence-electron chi connectivity index (χ3n) is 2.21. The van der Waals surface area contributed by atoms with Crippen LogP contribution >= 0.6 is 0 Å². The fraction of sp³-hybridized carbons (Fsp3) is 0.300. The molecule has 0 aliphatic heterocycles. The highest BCUT2D eigenvalue weighted by molar-refractivity contribution is 5.92. The minimum absolute atomic E-state index is 0.0946. The number of H-pyrrole nitrogens is 1. The van der Waals surface area contributed by atoms with Gasteiger partial charge in [-0.2, -0.15) is 10.1 Å². The molecule has 0 atom stereocenters. The Labute approximate surface area is 107 Å². The number of hydrogen-bond acceptors (Lipinski definition) is 6. The van der Waals surface area contributed by atoms with Gasteiger partial charge in [0.05, 0.1) is 0 Å². The number of amides is 1. The average molecular weight is 265 g/mol. The normalized spacial score (nSPS) is 10.4. The SMILES string of the molecule is Cc1noc(CCC(=O)Nc2cc(C(=O)O)[nH]n2)n1. The molecule has 2 aromatic heterocycles. The molecule has 0 saturated carbocycles. The van der Waals surface area contributed by atoms with Gasteiger partial charge in [-0.05, 0) is 6.92 Å². The van der Waals surface area contributed by atoms with Crippen LogP contribution in [0.5, 0.6) is 0 Å². The zero-order valence-corrected chi connectivity index (χ0v) is 10.0. The third-order valence-corrected chi connectivity index (χ3v) is 2.21. The molecule has 2 aromatic rings. The molecule has 0 fully saturated rings. The highest BCUT2D eigenvalue weighted by Gasteiger charge is 2.11. The fourth-order valence-corrected chi connectivity index (χ4v) is 1.36. The molecule has 3 N–H and O–H groups in total. The van der Waals surface area contributed by atoms with Gasteiger partial charge in [-0.3, -0.25) is 9.89 Å². The second-order valence-corrected chi connectivity index (χ2v) is 3.76. The van der Waals surface area contributed by atoms with Crippen LogP contribution in [0.4, 0.5) is 5.82 Å². The van der Waals surface area contributed by atoms with Crippen LogP contribution in [-0.4, -0.2) is 37.3 Å². The number of nitrogens with one attached hydrogen (secondary N) is 2. The van der Waals surface area contributed by atoms with E-state index in [1.807, 2.05) is 0 Å². The summed E-state index contributed by atoms with van der Waals surface area (Å²) >= 11 is 0. The largest absolute Gasteiger partial charge is 0.477 e. The minimum atomic E-state index is -1.14. The lowest BCUT2D eigenvalue weighted by Gasteiger charge is -1.98. The van der Waals surface area contributed by atoms with Crippen molar-refractivity contribution in [2.75, 3.05) is 5.32 Å². The van der Waals surface area contributed by atoms with Gasteiger partial charge >= 0.3 is 5.97 Å². The van der Waals surface area contributed by atoms with E-state index in [0.717, 1.165) is 0 Å². The predicted octanol–water partition coefficient (Wildman–Crippen LogP) is 0.371. The van der Waals surface area contributed by atoms with Crippen LogP contribution in [-0.2, 0) is 11.2 Å². The fourth-order valence-electron chi connectivity index (χ4n) is 1.36. The maximum Gasteiger partial charge on any atom is 0.353 e. The van der Waals surface area contributed by atoms with Crippen molar-refractivity contribution in [3.63, 3.8) is 0 Å². The van der Waals surface area contributed by atoms with Crippen molar-refractivity contribution in [1.29, 1.82) is 0 Å². The molecule has 100 valence electrons. The monoisotopic (exact) mass is 265 g/mol. The number of rotatable bonds is 5. The Bertz CT molecular complexity index is 603. The molecule has 0 bridgehead atoms. The lowest BCUT2D eigenvalue weighted by Crippen LogP contribution is -2.12. The van der Waals surface area contributed by atoms with Crippen molar-refractivity contribution in [3.8, 4) is 0 Å². The Morgan fingerprint density at radius 3 is 2.89 bits per heavy atom. The highest BCUT2D eigenvalue weighted by Crippen LogP contribution is 2.07. The predicted molar refractivity (Wildman–Crippen MR) is 61.5 cm³/mol. The zero-order chi connectivity index (χ0) is 13.8. The molecule has 9 nitrogen and oxygen atoms in total. The van der Waals surface area contributed by atoms with E-state index in [-0.39, 0.29) is 23.8 Å². The number of aromatic amines is 1. The van der Waals surface area contributed by atoms with Crippen LogP contribution in [0.25, 0.3) is 0 Å². The standard InChI is InChI=1S/C10H11N5O4/c1-5-11-9(19-15-5)3-2-8(16)12-7-4-6(10(17)18)13-14-7/h4H,2-3H2,1H3,(H,17,18)(H2,12,13,14,16). The lowest BCUT2D eigenvalue weighted by atomic mass is 10.3. The second-order valence-electron chi connectivity index (χ2n) is 3.76. The summed E-state index contributed by atoms with van der Waals surface area (Å²) < 4.78 is 4.86. The second kappa shape index (κ2) is 5.29. The number of aromatic nitrogens is 4. The highest BCUT2D eigenvalue weighted by atomic mass is 16.5. The molecule has 9 heteroatoms. The van der Waals surface area contributed by atoms with E-state index in [4.69, 9.17) is 9.63 Å². The van der Waals surface area contributed by atoms with Crippen molar-refractivity contribution in [2.45, 2.75) is 19.8 Å². The molecule has 2 heterocycles. The number of nitrogens with zero attached hydrogens (tertiary/aromatic N) is 3. The van der Waals surface area contributed by atoms with Crippen LogP contribution < -0.4 is 5.32 Å². The molecular formula is C10H11N5O4. The first-order valence-corrected chi connectivity index (χ1v) is 5.42. The van der Waals surface area contributed by atoms with Crippen molar-refractivity contribution in [3.05, 3.63) is 23.5 Å². The Hall–Kier alpha value is -2.71. The number of aromatic carboxylic acids is 1. The Morgan fingerprint density at radius 2 is 2.32 bits per heavy atom. The first-order valence-electron chi connectivity index (χ1n) is 5.42. The molecule has 0 spiro atoms. The molecular weight excluding hydrogens is 254 g/mol. The first kappa shape index (κ1) is 12.7. The molecule has 0 saturated heterocycles. The van der Waals surface area contributed by atoms with E-state index in [2.05, 4.69) is 25.7 Å². The van der Waals surface area contributed by atoms with Crippen LogP contribution in [0.2, 0.25) is 0 Å². The number of carboxylic acid groups (broad SMARTS) is 1. The molecule has 1 amide bonds. The van der Waals surface area contributed by atoms with E-state index in [1.54, 1.807) is 6.92 Å². The molecule has 0 radical (unpaired) electrons. The smallest absolute Gasteiger partial charge is 0.353 e. The van der Waals surface area contributed by atoms with Gasteiger partial charge in [-0.25, -0.2) is 4.79 Å². The number of carbonyl (C=O) groups is 2. The maximum atomic E-state index is 11.6.